The molecule has 4 nitrogen and oxygen atoms in total. The quantitative estimate of drug-likeness (QED) is 0.668. The Morgan fingerprint density at radius 3 is 2.71 bits per heavy atom. The van der Waals surface area contributed by atoms with Crippen molar-refractivity contribution >= 4 is 0 Å². The molecule has 0 atom stereocenters. The number of hydrogen-bond donors (Lipinski definition) is 1. The minimum atomic E-state index is 0.578. The normalized spacial score (nSPS) is 10.5. The Morgan fingerprint density at radius 1 is 1.18 bits per heavy atom. The summed E-state index contributed by atoms with van der Waals surface area (Å²) >= 11 is 0. The lowest BCUT2D eigenvalue weighted by Crippen LogP contribution is -2.13. The van der Waals surface area contributed by atoms with E-state index in [0.717, 1.165) is 37.6 Å². The van der Waals surface area contributed by atoms with Gasteiger partial charge in [-0.2, -0.15) is 0 Å². The number of ether oxygens (including phenoxy) is 2. The predicted molar refractivity (Wildman–Crippen MR) is 68.2 cm³/mol. The molecular formula is C13H22N2O2. The molecule has 0 aliphatic carbocycles. The largest absolute Gasteiger partial charge is 0.490 e. The van der Waals surface area contributed by atoms with Gasteiger partial charge in [0.05, 0.1) is 18.5 Å². The van der Waals surface area contributed by atoms with E-state index < -0.39 is 0 Å². The van der Waals surface area contributed by atoms with Crippen LogP contribution >= 0.6 is 0 Å². The lowest BCUT2D eigenvalue weighted by molar-refractivity contribution is 0.100. The van der Waals surface area contributed by atoms with Gasteiger partial charge in [0.1, 0.15) is 12.4 Å². The Balaban J connectivity index is 2.20. The lowest BCUT2D eigenvalue weighted by Gasteiger charge is -2.07. The van der Waals surface area contributed by atoms with E-state index in [1.54, 1.807) is 6.20 Å². The molecule has 0 bridgehead atoms. The van der Waals surface area contributed by atoms with Crippen molar-refractivity contribution in [2.75, 3.05) is 26.4 Å². The van der Waals surface area contributed by atoms with Crippen molar-refractivity contribution in [2.45, 2.75) is 26.8 Å². The maximum atomic E-state index is 5.50. The second kappa shape index (κ2) is 8.96. The molecule has 0 aromatic carbocycles. The Kier molecular flexibility index (Phi) is 7.34. The van der Waals surface area contributed by atoms with E-state index >= 15 is 0 Å². The van der Waals surface area contributed by atoms with Gasteiger partial charge in [-0.15, -0.1) is 0 Å². The van der Waals surface area contributed by atoms with E-state index in [0.29, 0.717) is 13.2 Å². The third kappa shape index (κ3) is 6.24. The minimum absolute atomic E-state index is 0.578. The Hall–Kier alpha value is -1.13. The summed E-state index contributed by atoms with van der Waals surface area (Å²) in [6.07, 6.45) is 2.80. The van der Waals surface area contributed by atoms with Gasteiger partial charge in [-0.05, 0) is 25.1 Å². The molecule has 1 N–H and O–H groups in total. The number of rotatable bonds is 9. The van der Waals surface area contributed by atoms with Gasteiger partial charge >= 0.3 is 0 Å². The van der Waals surface area contributed by atoms with Crippen LogP contribution in [0.1, 0.15) is 26.0 Å². The molecule has 17 heavy (non-hydrogen) atoms. The first-order valence-corrected chi connectivity index (χ1v) is 6.23. The molecule has 0 radical (unpaired) electrons. The first-order chi connectivity index (χ1) is 8.36. The molecule has 1 rings (SSSR count). The second-order valence-electron chi connectivity index (χ2n) is 3.73. The number of hydrogen-bond acceptors (Lipinski definition) is 4. The number of nitrogens with zero attached hydrogens (tertiary/aromatic N) is 1. The summed E-state index contributed by atoms with van der Waals surface area (Å²) in [5.74, 6) is 0.797. The summed E-state index contributed by atoms with van der Waals surface area (Å²) < 4.78 is 10.8. The van der Waals surface area contributed by atoms with Crippen LogP contribution in [0.4, 0.5) is 0 Å². The van der Waals surface area contributed by atoms with E-state index in [-0.39, 0.29) is 0 Å². The molecule has 96 valence electrons. The van der Waals surface area contributed by atoms with Crippen molar-refractivity contribution in [1.29, 1.82) is 0 Å². The maximum absolute atomic E-state index is 5.50. The van der Waals surface area contributed by atoms with Crippen LogP contribution < -0.4 is 10.1 Å². The van der Waals surface area contributed by atoms with E-state index in [4.69, 9.17) is 9.47 Å². The molecular weight excluding hydrogens is 216 g/mol. The highest BCUT2D eigenvalue weighted by Crippen LogP contribution is 2.08. The van der Waals surface area contributed by atoms with Crippen LogP contribution in [0, 0.1) is 0 Å². The van der Waals surface area contributed by atoms with Crippen LogP contribution in [0.5, 0.6) is 5.75 Å². The van der Waals surface area contributed by atoms with Crippen molar-refractivity contribution in [3.8, 4) is 5.75 Å². The maximum Gasteiger partial charge on any atom is 0.137 e. The zero-order chi connectivity index (χ0) is 12.3. The Labute approximate surface area is 103 Å². The van der Waals surface area contributed by atoms with Crippen molar-refractivity contribution in [3.05, 3.63) is 24.0 Å². The van der Waals surface area contributed by atoms with Gasteiger partial charge in [0.25, 0.3) is 0 Å². The van der Waals surface area contributed by atoms with Crippen LogP contribution in [0.3, 0.4) is 0 Å². The van der Waals surface area contributed by atoms with Crippen LogP contribution in [0.2, 0.25) is 0 Å². The topological polar surface area (TPSA) is 43.4 Å². The molecule has 0 aliphatic heterocycles. The second-order valence-corrected chi connectivity index (χ2v) is 3.73. The molecule has 0 aliphatic rings. The van der Waals surface area contributed by atoms with Crippen molar-refractivity contribution < 1.29 is 9.47 Å². The highest BCUT2D eigenvalue weighted by molar-refractivity contribution is 5.19. The zero-order valence-electron chi connectivity index (χ0n) is 10.7. The van der Waals surface area contributed by atoms with Crippen LogP contribution in [0.15, 0.2) is 18.3 Å². The molecule has 0 spiro atoms. The molecule has 0 saturated carbocycles. The smallest absolute Gasteiger partial charge is 0.137 e. The van der Waals surface area contributed by atoms with Crippen LogP contribution in [-0.2, 0) is 11.3 Å². The summed E-state index contributed by atoms with van der Waals surface area (Å²) in [4.78, 5) is 4.30. The molecule has 0 saturated heterocycles. The minimum Gasteiger partial charge on any atom is -0.490 e. The summed E-state index contributed by atoms with van der Waals surface area (Å²) in [6, 6.07) is 3.92. The predicted octanol–water partition coefficient (Wildman–Crippen LogP) is 2.00. The molecule has 1 heterocycles. The first-order valence-electron chi connectivity index (χ1n) is 6.23. The van der Waals surface area contributed by atoms with Gasteiger partial charge in [-0.3, -0.25) is 4.98 Å². The van der Waals surface area contributed by atoms with Gasteiger partial charge in [0, 0.05) is 13.2 Å². The fourth-order valence-electron chi connectivity index (χ4n) is 1.32. The number of nitrogens with one attached hydrogen (secondary N) is 1. The average Bonchev–Trinajstić information content (AvgIpc) is 2.37. The van der Waals surface area contributed by atoms with E-state index in [9.17, 15) is 0 Å². The molecule has 4 heteroatoms. The Bertz CT molecular complexity index is 288. The highest BCUT2D eigenvalue weighted by atomic mass is 16.5. The third-order valence-corrected chi connectivity index (χ3v) is 2.20. The summed E-state index contributed by atoms with van der Waals surface area (Å²) in [7, 11) is 0. The standard InChI is InChI=1S/C13H22N2O2/c1-3-7-16-8-9-17-13-6-5-12(15-11-13)10-14-4-2/h5-6,11,14H,3-4,7-10H2,1-2H3. The van der Waals surface area contributed by atoms with Gasteiger partial charge in [-0.1, -0.05) is 13.8 Å². The van der Waals surface area contributed by atoms with Gasteiger partial charge in [-0.25, -0.2) is 0 Å². The average molecular weight is 238 g/mol. The highest BCUT2D eigenvalue weighted by Gasteiger charge is 1.96. The number of aromatic nitrogens is 1. The fraction of sp³-hybridized carbons (Fsp3) is 0.615. The van der Waals surface area contributed by atoms with Gasteiger partial charge in [0.15, 0.2) is 0 Å². The van der Waals surface area contributed by atoms with Gasteiger partial charge in [0.2, 0.25) is 0 Å². The molecule has 0 amide bonds. The van der Waals surface area contributed by atoms with E-state index in [1.165, 1.54) is 0 Å². The van der Waals surface area contributed by atoms with E-state index in [2.05, 4.69) is 24.1 Å². The monoisotopic (exact) mass is 238 g/mol. The fourth-order valence-corrected chi connectivity index (χ4v) is 1.32. The van der Waals surface area contributed by atoms with Crippen molar-refractivity contribution in [3.63, 3.8) is 0 Å². The SMILES string of the molecule is CCCOCCOc1ccc(CNCC)nc1. The van der Waals surface area contributed by atoms with Crippen LogP contribution in [0.25, 0.3) is 0 Å². The van der Waals surface area contributed by atoms with E-state index in [1.807, 2.05) is 12.1 Å². The summed E-state index contributed by atoms with van der Waals surface area (Å²) in [5, 5.41) is 3.23. The lowest BCUT2D eigenvalue weighted by atomic mass is 10.3. The molecule has 0 fully saturated rings. The summed E-state index contributed by atoms with van der Waals surface area (Å²) in [5.41, 5.74) is 1.03. The van der Waals surface area contributed by atoms with Gasteiger partial charge < -0.3 is 14.8 Å². The molecule has 1 aromatic rings. The number of pyridine rings is 1. The van der Waals surface area contributed by atoms with Crippen LogP contribution in [-0.4, -0.2) is 31.3 Å². The first kappa shape index (κ1) is 13.9. The Morgan fingerprint density at radius 2 is 2.06 bits per heavy atom. The molecule has 0 unspecified atom stereocenters. The van der Waals surface area contributed by atoms with Crippen molar-refractivity contribution in [2.24, 2.45) is 0 Å². The van der Waals surface area contributed by atoms with Crippen molar-refractivity contribution in [1.82, 2.24) is 10.3 Å². The zero-order valence-corrected chi connectivity index (χ0v) is 10.7. The summed E-state index contributed by atoms with van der Waals surface area (Å²) in [6.45, 7) is 7.93. The molecule has 1 aromatic heterocycles. The third-order valence-electron chi connectivity index (χ3n) is 2.20.